The number of allylic oxidation sites excluding steroid dienone is 2. The SMILES string of the molecule is Cc1cccc(NC(=O)N2CCN(C(=O)C3=CC=CN4CCS(=O)(=O)N=C34)CC2)c1. The van der Waals surface area contributed by atoms with Crippen LogP contribution >= 0.6 is 0 Å². The molecule has 0 saturated carbocycles. The number of aryl methyl sites for hydroxylation is 1. The van der Waals surface area contributed by atoms with Crippen molar-refractivity contribution in [3.8, 4) is 0 Å². The molecule has 3 aliphatic rings. The summed E-state index contributed by atoms with van der Waals surface area (Å²) in [6, 6.07) is 7.36. The van der Waals surface area contributed by atoms with Crippen LogP contribution in [-0.2, 0) is 14.8 Å². The smallest absolute Gasteiger partial charge is 0.321 e. The molecule has 1 saturated heterocycles. The molecule has 1 aromatic rings. The second kappa shape index (κ2) is 7.94. The van der Waals surface area contributed by atoms with E-state index < -0.39 is 10.0 Å². The van der Waals surface area contributed by atoms with E-state index in [0.717, 1.165) is 11.3 Å². The van der Waals surface area contributed by atoms with E-state index in [2.05, 4.69) is 9.71 Å². The van der Waals surface area contributed by atoms with Gasteiger partial charge in [0.05, 0.1) is 11.3 Å². The molecule has 4 rings (SSSR count). The fourth-order valence-electron chi connectivity index (χ4n) is 3.59. The number of sulfonamides is 1. The zero-order chi connectivity index (χ0) is 21.3. The predicted molar refractivity (Wildman–Crippen MR) is 114 cm³/mol. The molecule has 158 valence electrons. The van der Waals surface area contributed by atoms with E-state index in [1.54, 1.807) is 33.1 Å². The van der Waals surface area contributed by atoms with Crippen LogP contribution in [-0.4, -0.2) is 79.4 Å². The average molecular weight is 430 g/mol. The monoisotopic (exact) mass is 429 g/mol. The molecule has 1 aromatic carbocycles. The van der Waals surface area contributed by atoms with Gasteiger partial charge >= 0.3 is 6.03 Å². The van der Waals surface area contributed by atoms with Gasteiger partial charge in [0.1, 0.15) is 0 Å². The first-order chi connectivity index (χ1) is 14.3. The summed E-state index contributed by atoms with van der Waals surface area (Å²) >= 11 is 0. The van der Waals surface area contributed by atoms with Gasteiger partial charge in [0.2, 0.25) is 0 Å². The maximum absolute atomic E-state index is 13.0. The molecule has 30 heavy (non-hydrogen) atoms. The summed E-state index contributed by atoms with van der Waals surface area (Å²) in [5.74, 6) is -0.177. The normalized spacial score (nSPS) is 20.2. The molecule has 3 aliphatic heterocycles. The molecule has 10 heteroatoms. The van der Waals surface area contributed by atoms with Crippen molar-refractivity contribution in [2.75, 3.05) is 43.8 Å². The Labute approximate surface area is 175 Å². The molecule has 0 aliphatic carbocycles. The second-order valence-corrected chi connectivity index (χ2v) is 9.15. The van der Waals surface area contributed by atoms with Crippen LogP contribution < -0.4 is 5.32 Å². The number of fused-ring (bicyclic) bond motifs is 1. The first kappa shape index (κ1) is 20.1. The quantitative estimate of drug-likeness (QED) is 0.760. The topological polar surface area (TPSA) is 102 Å². The number of amidine groups is 1. The number of piperazine rings is 1. The zero-order valence-electron chi connectivity index (χ0n) is 16.6. The van der Waals surface area contributed by atoms with E-state index in [1.807, 2.05) is 31.2 Å². The van der Waals surface area contributed by atoms with Crippen LogP contribution in [0.5, 0.6) is 0 Å². The second-order valence-electron chi connectivity index (χ2n) is 7.40. The van der Waals surface area contributed by atoms with Gasteiger partial charge in [-0.1, -0.05) is 12.1 Å². The van der Waals surface area contributed by atoms with Crippen LogP contribution in [0.3, 0.4) is 0 Å². The predicted octanol–water partition coefficient (Wildman–Crippen LogP) is 1.17. The third-order valence-corrected chi connectivity index (χ3v) is 6.36. The average Bonchev–Trinajstić information content (AvgIpc) is 2.72. The first-order valence-corrected chi connectivity index (χ1v) is 11.3. The van der Waals surface area contributed by atoms with Crippen molar-refractivity contribution in [1.29, 1.82) is 0 Å². The Kier molecular flexibility index (Phi) is 5.33. The number of carbonyl (C=O) groups is 2. The highest BCUT2D eigenvalue weighted by atomic mass is 32.2. The molecular weight excluding hydrogens is 406 g/mol. The Morgan fingerprint density at radius 3 is 2.53 bits per heavy atom. The van der Waals surface area contributed by atoms with Gasteiger partial charge in [0.15, 0.2) is 5.84 Å². The Morgan fingerprint density at radius 1 is 1.07 bits per heavy atom. The Morgan fingerprint density at radius 2 is 1.80 bits per heavy atom. The number of benzene rings is 1. The van der Waals surface area contributed by atoms with Crippen LogP contribution in [0, 0.1) is 6.92 Å². The van der Waals surface area contributed by atoms with Crippen molar-refractivity contribution >= 4 is 33.5 Å². The lowest BCUT2D eigenvalue weighted by Crippen LogP contribution is -2.53. The van der Waals surface area contributed by atoms with Crippen LogP contribution in [0.25, 0.3) is 0 Å². The molecule has 9 nitrogen and oxygen atoms in total. The van der Waals surface area contributed by atoms with Crippen molar-refractivity contribution in [3.63, 3.8) is 0 Å². The lowest BCUT2D eigenvalue weighted by molar-refractivity contribution is -0.128. The van der Waals surface area contributed by atoms with Gasteiger partial charge in [-0.3, -0.25) is 4.79 Å². The third kappa shape index (κ3) is 4.23. The summed E-state index contributed by atoms with van der Waals surface area (Å²) in [4.78, 5) is 30.5. The summed E-state index contributed by atoms with van der Waals surface area (Å²) in [5.41, 5.74) is 2.05. The lowest BCUT2D eigenvalue weighted by Gasteiger charge is -2.36. The molecular formula is C20H23N5O4S. The molecule has 0 spiro atoms. The van der Waals surface area contributed by atoms with Crippen molar-refractivity contribution < 1.29 is 18.0 Å². The number of hydrogen-bond donors (Lipinski definition) is 1. The maximum atomic E-state index is 13.0. The molecule has 0 radical (unpaired) electrons. The fourth-order valence-corrected chi connectivity index (χ4v) is 4.58. The number of urea groups is 1. The molecule has 0 aromatic heterocycles. The van der Waals surface area contributed by atoms with Crippen molar-refractivity contribution in [2.24, 2.45) is 4.40 Å². The van der Waals surface area contributed by atoms with Crippen LogP contribution in [0.2, 0.25) is 0 Å². The van der Waals surface area contributed by atoms with Gasteiger partial charge in [0, 0.05) is 44.6 Å². The minimum absolute atomic E-state index is 0.0724. The van der Waals surface area contributed by atoms with Gasteiger partial charge in [-0.25, -0.2) is 13.2 Å². The van der Waals surface area contributed by atoms with Gasteiger partial charge < -0.3 is 20.0 Å². The minimum Gasteiger partial charge on any atom is -0.335 e. The van der Waals surface area contributed by atoms with E-state index in [9.17, 15) is 18.0 Å². The van der Waals surface area contributed by atoms with Crippen LogP contribution in [0.15, 0.2) is 52.6 Å². The lowest BCUT2D eigenvalue weighted by atomic mass is 10.1. The van der Waals surface area contributed by atoms with Gasteiger partial charge in [0.25, 0.3) is 15.9 Å². The van der Waals surface area contributed by atoms with Gasteiger partial charge in [-0.2, -0.15) is 0 Å². The van der Waals surface area contributed by atoms with Crippen molar-refractivity contribution in [1.82, 2.24) is 14.7 Å². The third-order valence-electron chi connectivity index (χ3n) is 5.21. The Hall–Kier alpha value is -3.14. The summed E-state index contributed by atoms with van der Waals surface area (Å²) in [7, 11) is -3.56. The zero-order valence-corrected chi connectivity index (χ0v) is 17.4. The summed E-state index contributed by atoms with van der Waals surface area (Å²) in [6.07, 6.45) is 5.03. The number of amides is 3. The largest absolute Gasteiger partial charge is 0.335 e. The van der Waals surface area contributed by atoms with Crippen LogP contribution in [0.4, 0.5) is 10.5 Å². The highest BCUT2D eigenvalue weighted by Crippen LogP contribution is 2.20. The molecule has 3 heterocycles. The molecule has 1 N–H and O–H groups in total. The van der Waals surface area contributed by atoms with E-state index in [-0.39, 0.29) is 35.6 Å². The van der Waals surface area contributed by atoms with Crippen LogP contribution in [0.1, 0.15) is 5.56 Å². The summed E-state index contributed by atoms with van der Waals surface area (Å²) in [6.45, 7) is 3.73. The van der Waals surface area contributed by atoms with E-state index in [0.29, 0.717) is 26.2 Å². The van der Waals surface area contributed by atoms with Crippen molar-refractivity contribution in [3.05, 3.63) is 53.8 Å². The number of anilines is 1. The molecule has 3 amide bonds. The van der Waals surface area contributed by atoms with Gasteiger partial charge in [-0.05, 0) is 36.8 Å². The number of nitrogens with zero attached hydrogens (tertiary/aromatic N) is 4. The Bertz CT molecular complexity index is 1070. The maximum Gasteiger partial charge on any atom is 0.321 e. The molecule has 0 bridgehead atoms. The fraction of sp³-hybridized carbons (Fsp3) is 0.350. The highest BCUT2D eigenvalue weighted by Gasteiger charge is 2.33. The van der Waals surface area contributed by atoms with Crippen molar-refractivity contribution in [2.45, 2.75) is 6.92 Å². The van der Waals surface area contributed by atoms with Gasteiger partial charge in [-0.15, -0.1) is 4.40 Å². The highest BCUT2D eigenvalue weighted by molar-refractivity contribution is 7.90. The summed E-state index contributed by atoms with van der Waals surface area (Å²) in [5, 5.41) is 2.88. The minimum atomic E-state index is -3.56. The first-order valence-electron chi connectivity index (χ1n) is 9.72. The van der Waals surface area contributed by atoms with E-state index >= 15 is 0 Å². The number of rotatable bonds is 2. The molecule has 0 atom stereocenters. The van der Waals surface area contributed by atoms with E-state index in [4.69, 9.17) is 0 Å². The Balaban J connectivity index is 1.40. The standard InChI is InChI=1S/C20H23N5O4S/c1-15-4-2-5-16(14-15)21-20(27)25-10-8-24(9-11-25)19(26)17-6-3-7-23-12-13-30(28,29)22-18(17)23/h2-7,14H,8-13H2,1H3,(H,21,27). The number of hydrogen-bond acceptors (Lipinski definition) is 5. The summed E-state index contributed by atoms with van der Waals surface area (Å²) < 4.78 is 27.6. The molecule has 0 unspecified atom stereocenters. The number of nitrogens with one attached hydrogen (secondary N) is 1. The number of carbonyl (C=O) groups excluding carboxylic acids is 2. The van der Waals surface area contributed by atoms with E-state index in [1.165, 1.54) is 0 Å². The molecule has 1 fully saturated rings.